The number of amides is 1. The van der Waals surface area contributed by atoms with E-state index in [0.29, 0.717) is 17.0 Å². The van der Waals surface area contributed by atoms with Crippen LogP contribution in [-0.2, 0) is 4.79 Å². The number of aliphatic carboxylic acids is 1. The van der Waals surface area contributed by atoms with E-state index in [0.717, 1.165) is 0 Å². The molecule has 0 aromatic carbocycles. The standard InChI is InChI=1S/C12H18N2O4/c1-7(2)14(6-5-10(15)16)12(17)11-8(3)13-18-9(11)4/h7H,5-6H2,1-4H3,(H,15,16). The first-order valence-electron chi connectivity index (χ1n) is 5.80. The van der Waals surface area contributed by atoms with Gasteiger partial charge in [0.15, 0.2) is 0 Å². The quantitative estimate of drug-likeness (QED) is 0.863. The topological polar surface area (TPSA) is 83.6 Å². The van der Waals surface area contributed by atoms with Crippen LogP contribution < -0.4 is 0 Å². The lowest BCUT2D eigenvalue weighted by Crippen LogP contribution is -2.38. The van der Waals surface area contributed by atoms with Gasteiger partial charge in [0.05, 0.1) is 12.1 Å². The van der Waals surface area contributed by atoms with Crippen LogP contribution in [-0.4, -0.2) is 39.6 Å². The van der Waals surface area contributed by atoms with E-state index in [4.69, 9.17) is 9.63 Å². The van der Waals surface area contributed by atoms with Gasteiger partial charge in [0, 0.05) is 12.6 Å². The summed E-state index contributed by atoms with van der Waals surface area (Å²) in [6, 6.07) is -0.0782. The van der Waals surface area contributed by atoms with Crippen LogP contribution in [0, 0.1) is 13.8 Å². The Balaban J connectivity index is 2.93. The number of carboxylic acids is 1. The molecule has 0 fully saturated rings. The zero-order valence-corrected chi connectivity index (χ0v) is 11.1. The van der Waals surface area contributed by atoms with Crippen LogP contribution in [0.5, 0.6) is 0 Å². The summed E-state index contributed by atoms with van der Waals surface area (Å²) in [4.78, 5) is 24.4. The summed E-state index contributed by atoms with van der Waals surface area (Å²) in [5.74, 6) is -0.701. The molecule has 0 spiro atoms. The number of carboxylic acid groups (broad SMARTS) is 1. The van der Waals surface area contributed by atoms with Crippen LogP contribution in [0.2, 0.25) is 0 Å². The maximum absolute atomic E-state index is 12.3. The third kappa shape index (κ3) is 3.09. The number of rotatable bonds is 5. The Morgan fingerprint density at radius 3 is 2.39 bits per heavy atom. The fourth-order valence-electron chi connectivity index (χ4n) is 1.74. The Kier molecular flexibility index (Phi) is 4.47. The molecular formula is C12H18N2O4. The predicted molar refractivity (Wildman–Crippen MR) is 64.4 cm³/mol. The SMILES string of the molecule is Cc1noc(C)c1C(=O)N(CCC(=O)O)C(C)C. The smallest absolute Gasteiger partial charge is 0.305 e. The van der Waals surface area contributed by atoms with Crippen molar-refractivity contribution in [3.05, 3.63) is 17.0 Å². The monoisotopic (exact) mass is 254 g/mol. The van der Waals surface area contributed by atoms with Gasteiger partial charge < -0.3 is 14.5 Å². The first-order valence-corrected chi connectivity index (χ1v) is 5.80. The van der Waals surface area contributed by atoms with Crippen molar-refractivity contribution in [2.45, 2.75) is 40.2 Å². The molecule has 1 N–H and O–H groups in total. The molecule has 18 heavy (non-hydrogen) atoms. The maximum atomic E-state index is 12.3. The molecule has 0 atom stereocenters. The summed E-state index contributed by atoms with van der Waals surface area (Å²) in [6.07, 6.45) is -0.0761. The van der Waals surface area contributed by atoms with Crippen LogP contribution in [0.15, 0.2) is 4.52 Å². The maximum Gasteiger partial charge on any atom is 0.305 e. The lowest BCUT2D eigenvalue weighted by Gasteiger charge is -2.26. The predicted octanol–water partition coefficient (Wildman–Crippen LogP) is 1.62. The highest BCUT2D eigenvalue weighted by atomic mass is 16.5. The van der Waals surface area contributed by atoms with Crippen molar-refractivity contribution in [1.82, 2.24) is 10.1 Å². The highest BCUT2D eigenvalue weighted by Crippen LogP contribution is 2.16. The van der Waals surface area contributed by atoms with E-state index in [1.54, 1.807) is 13.8 Å². The largest absolute Gasteiger partial charge is 0.481 e. The Bertz CT molecular complexity index is 431. The molecule has 0 aliphatic carbocycles. The number of carbonyl (C=O) groups is 2. The van der Waals surface area contributed by atoms with Crippen LogP contribution in [0.4, 0.5) is 0 Å². The molecule has 1 rings (SSSR count). The highest BCUT2D eigenvalue weighted by molar-refractivity contribution is 5.96. The number of aromatic nitrogens is 1. The molecule has 0 radical (unpaired) electrons. The second-order valence-corrected chi connectivity index (χ2v) is 4.44. The third-order valence-corrected chi connectivity index (χ3v) is 2.70. The molecule has 1 aromatic rings. The van der Waals surface area contributed by atoms with E-state index in [9.17, 15) is 9.59 Å². The number of hydrogen-bond donors (Lipinski definition) is 1. The minimum atomic E-state index is -0.924. The van der Waals surface area contributed by atoms with Crippen LogP contribution >= 0.6 is 0 Å². The fraction of sp³-hybridized carbons (Fsp3) is 0.583. The van der Waals surface area contributed by atoms with Gasteiger partial charge in [-0.05, 0) is 27.7 Å². The summed E-state index contributed by atoms with van der Waals surface area (Å²) in [7, 11) is 0. The molecule has 1 heterocycles. The minimum absolute atomic E-state index is 0.0761. The summed E-state index contributed by atoms with van der Waals surface area (Å²) >= 11 is 0. The Morgan fingerprint density at radius 2 is 2.00 bits per heavy atom. The molecule has 0 aliphatic rings. The van der Waals surface area contributed by atoms with Gasteiger partial charge in [-0.25, -0.2) is 0 Å². The van der Waals surface area contributed by atoms with Crippen molar-refractivity contribution in [2.75, 3.05) is 6.54 Å². The van der Waals surface area contributed by atoms with E-state index >= 15 is 0 Å². The van der Waals surface area contributed by atoms with E-state index in [1.165, 1.54) is 4.90 Å². The highest BCUT2D eigenvalue weighted by Gasteiger charge is 2.25. The van der Waals surface area contributed by atoms with Gasteiger partial charge in [-0.15, -0.1) is 0 Å². The molecule has 6 heteroatoms. The van der Waals surface area contributed by atoms with Crippen molar-refractivity contribution in [3.8, 4) is 0 Å². The molecule has 1 aromatic heterocycles. The van der Waals surface area contributed by atoms with Gasteiger partial charge in [0.1, 0.15) is 11.3 Å². The number of aryl methyl sites for hydroxylation is 2. The minimum Gasteiger partial charge on any atom is -0.481 e. The zero-order valence-electron chi connectivity index (χ0n) is 11.1. The Morgan fingerprint density at radius 1 is 1.39 bits per heavy atom. The van der Waals surface area contributed by atoms with Gasteiger partial charge >= 0.3 is 5.97 Å². The number of nitrogens with zero attached hydrogens (tertiary/aromatic N) is 2. The average molecular weight is 254 g/mol. The van der Waals surface area contributed by atoms with Gasteiger partial charge in [0.2, 0.25) is 0 Å². The summed E-state index contributed by atoms with van der Waals surface area (Å²) in [5.41, 5.74) is 0.951. The molecule has 1 amide bonds. The number of hydrogen-bond acceptors (Lipinski definition) is 4. The second-order valence-electron chi connectivity index (χ2n) is 4.44. The lowest BCUT2D eigenvalue weighted by atomic mass is 10.1. The van der Waals surface area contributed by atoms with Gasteiger partial charge in [0.25, 0.3) is 5.91 Å². The van der Waals surface area contributed by atoms with Crippen molar-refractivity contribution in [2.24, 2.45) is 0 Å². The van der Waals surface area contributed by atoms with E-state index in [-0.39, 0.29) is 24.9 Å². The molecule has 0 bridgehead atoms. The summed E-state index contributed by atoms with van der Waals surface area (Å²) < 4.78 is 4.96. The first-order chi connectivity index (χ1) is 8.34. The molecule has 6 nitrogen and oxygen atoms in total. The van der Waals surface area contributed by atoms with Gasteiger partial charge in [-0.2, -0.15) is 0 Å². The molecule has 0 unspecified atom stereocenters. The van der Waals surface area contributed by atoms with Crippen LogP contribution in [0.25, 0.3) is 0 Å². The molecule has 0 saturated carbocycles. The first kappa shape index (κ1) is 14.2. The van der Waals surface area contributed by atoms with Crippen molar-refractivity contribution in [3.63, 3.8) is 0 Å². The van der Waals surface area contributed by atoms with Crippen molar-refractivity contribution >= 4 is 11.9 Å². The normalized spacial score (nSPS) is 10.7. The van der Waals surface area contributed by atoms with Crippen molar-refractivity contribution < 1.29 is 19.2 Å². The molecule has 0 aliphatic heterocycles. The van der Waals surface area contributed by atoms with E-state index in [1.807, 2.05) is 13.8 Å². The average Bonchev–Trinajstić information content (AvgIpc) is 2.57. The fourth-order valence-corrected chi connectivity index (χ4v) is 1.74. The Hall–Kier alpha value is -1.85. The van der Waals surface area contributed by atoms with Crippen LogP contribution in [0.3, 0.4) is 0 Å². The molecule has 0 saturated heterocycles. The van der Waals surface area contributed by atoms with Crippen molar-refractivity contribution in [1.29, 1.82) is 0 Å². The lowest BCUT2D eigenvalue weighted by molar-refractivity contribution is -0.137. The van der Waals surface area contributed by atoms with Gasteiger partial charge in [-0.3, -0.25) is 9.59 Å². The molecule has 100 valence electrons. The van der Waals surface area contributed by atoms with Crippen LogP contribution in [0.1, 0.15) is 42.1 Å². The van der Waals surface area contributed by atoms with E-state index < -0.39 is 5.97 Å². The Labute approximate surface area is 106 Å². The van der Waals surface area contributed by atoms with Gasteiger partial charge in [-0.1, -0.05) is 5.16 Å². The number of carbonyl (C=O) groups excluding carboxylic acids is 1. The summed E-state index contributed by atoms with van der Waals surface area (Å²) in [6.45, 7) is 7.23. The van der Waals surface area contributed by atoms with E-state index in [2.05, 4.69) is 5.16 Å². The molecular weight excluding hydrogens is 236 g/mol. The third-order valence-electron chi connectivity index (χ3n) is 2.70. The second kappa shape index (κ2) is 5.66. The zero-order chi connectivity index (χ0) is 13.9. The summed E-state index contributed by atoms with van der Waals surface area (Å²) in [5, 5.41) is 12.4.